The van der Waals surface area contributed by atoms with Crippen LogP contribution in [0.15, 0.2) is 45.9 Å². The Morgan fingerprint density at radius 2 is 2.10 bits per heavy atom. The van der Waals surface area contributed by atoms with Gasteiger partial charge in [0.05, 0.1) is 5.56 Å². The Morgan fingerprint density at radius 3 is 2.79 bits per heavy atom. The first-order chi connectivity index (χ1) is 13.8. The van der Waals surface area contributed by atoms with Crippen LogP contribution < -0.4 is 11.3 Å². The van der Waals surface area contributed by atoms with Crippen molar-refractivity contribution in [2.45, 2.75) is 45.1 Å². The van der Waals surface area contributed by atoms with Crippen LogP contribution in [0.2, 0.25) is 0 Å². The first-order valence-corrected chi connectivity index (χ1v) is 10.0. The molecule has 29 heavy (non-hydrogen) atoms. The van der Waals surface area contributed by atoms with E-state index in [1.807, 2.05) is 12.1 Å². The van der Waals surface area contributed by atoms with E-state index in [1.54, 1.807) is 29.5 Å². The van der Waals surface area contributed by atoms with Gasteiger partial charge in [-0.1, -0.05) is 20.8 Å². The monoisotopic (exact) mass is 393 g/mol. The number of aromatic nitrogens is 1. The Bertz CT molecular complexity index is 1120. The molecule has 1 aromatic carbocycles. The Labute approximate surface area is 169 Å². The highest BCUT2D eigenvalue weighted by Gasteiger charge is 2.28. The van der Waals surface area contributed by atoms with Crippen LogP contribution in [0.3, 0.4) is 0 Å². The highest BCUT2D eigenvalue weighted by molar-refractivity contribution is 6.07. The van der Waals surface area contributed by atoms with Crippen molar-refractivity contribution in [1.82, 2.24) is 9.88 Å². The second-order valence-electron chi connectivity index (χ2n) is 8.87. The van der Waals surface area contributed by atoms with Crippen molar-refractivity contribution in [3.8, 4) is 11.1 Å². The molecule has 1 aliphatic rings. The number of rotatable bonds is 2. The molecule has 3 heterocycles. The second kappa shape index (κ2) is 7.19. The number of pyridine rings is 1. The van der Waals surface area contributed by atoms with Crippen molar-refractivity contribution in [2.24, 2.45) is 5.73 Å². The highest BCUT2D eigenvalue weighted by atomic mass is 16.3. The molecule has 2 aromatic heterocycles. The average Bonchev–Trinajstić information content (AvgIpc) is 3.10. The highest BCUT2D eigenvalue weighted by Crippen LogP contribution is 2.37. The molecule has 3 N–H and O–H groups in total. The lowest BCUT2D eigenvalue weighted by Gasteiger charge is -2.30. The minimum Gasteiger partial charge on any atom is -0.463 e. The maximum Gasteiger partial charge on any atom is 0.257 e. The van der Waals surface area contributed by atoms with Crippen LogP contribution in [0, 0.1) is 0 Å². The van der Waals surface area contributed by atoms with Crippen molar-refractivity contribution in [3.05, 3.63) is 58.2 Å². The molecule has 1 amide bonds. The van der Waals surface area contributed by atoms with Gasteiger partial charge in [0.1, 0.15) is 11.8 Å². The van der Waals surface area contributed by atoms with E-state index in [0.29, 0.717) is 29.8 Å². The number of H-pyrrole nitrogens is 1. The maximum atomic E-state index is 13.2. The van der Waals surface area contributed by atoms with E-state index in [9.17, 15) is 9.59 Å². The zero-order valence-electron chi connectivity index (χ0n) is 17.1. The average molecular weight is 393 g/mol. The van der Waals surface area contributed by atoms with Crippen molar-refractivity contribution in [1.29, 1.82) is 0 Å². The van der Waals surface area contributed by atoms with Crippen LogP contribution in [-0.2, 0) is 5.41 Å². The SMILES string of the molecule is CC(C)(C)c1cc(-c2ccc[nH]c2=O)cc2c(C(=O)N3CCC[C@H](N)C3)coc12. The molecule has 0 saturated carbocycles. The molecule has 0 aliphatic carbocycles. The lowest BCUT2D eigenvalue weighted by molar-refractivity contribution is 0.0710. The Balaban J connectivity index is 1.90. The molecular weight excluding hydrogens is 366 g/mol. The predicted molar refractivity (Wildman–Crippen MR) is 114 cm³/mol. The third kappa shape index (κ3) is 3.60. The smallest absolute Gasteiger partial charge is 0.257 e. The van der Waals surface area contributed by atoms with Crippen molar-refractivity contribution >= 4 is 16.9 Å². The third-order valence-corrected chi connectivity index (χ3v) is 5.59. The van der Waals surface area contributed by atoms with E-state index in [2.05, 4.69) is 25.8 Å². The van der Waals surface area contributed by atoms with Crippen molar-refractivity contribution in [3.63, 3.8) is 0 Å². The number of furan rings is 1. The minimum absolute atomic E-state index is 0.00874. The summed E-state index contributed by atoms with van der Waals surface area (Å²) >= 11 is 0. The van der Waals surface area contributed by atoms with E-state index < -0.39 is 0 Å². The van der Waals surface area contributed by atoms with Gasteiger partial charge in [0.2, 0.25) is 0 Å². The van der Waals surface area contributed by atoms with Crippen LogP contribution in [0.1, 0.15) is 49.5 Å². The van der Waals surface area contributed by atoms with Crippen molar-refractivity contribution < 1.29 is 9.21 Å². The number of piperidine rings is 1. The van der Waals surface area contributed by atoms with Gasteiger partial charge < -0.3 is 20.0 Å². The Hall–Kier alpha value is -2.86. The number of carbonyl (C=O) groups excluding carboxylic acids is 1. The number of likely N-dealkylation sites (tertiary alicyclic amines) is 1. The molecule has 1 aliphatic heterocycles. The molecule has 4 rings (SSSR count). The van der Waals surface area contributed by atoms with E-state index in [0.717, 1.165) is 29.4 Å². The van der Waals surface area contributed by atoms with Gasteiger partial charge in [-0.05, 0) is 48.1 Å². The number of nitrogens with two attached hydrogens (primary N) is 1. The Kier molecular flexibility index (Phi) is 4.82. The van der Waals surface area contributed by atoms with Gasteiger partial charge in [0.25, 0.3) is 11.5 Å². The topological polar surface area (TPSA) is 92.3 Å². The van der Waals surface area contributed by atoms with Crippen LogP contribution in [0.25, 0.3) is 22.1 Å². The number of fused-ring (bicyclic) bond motifs is 1. The number of hydrogen-bond donors (Lipinski definition) is 2. The molecular formula is C23H27N3O3. The minimum atomic E-state index is -0.221. The molecule has 3 aromatic rings. The quantitative estimate of drug-likeness (QED) is 0.695. The molecule has 0 spiro atoms. The van der Waals surface area contributed by atoms with Crippen LogP contribution >= 0.6 is 0 Å². The number of nitrogens with zero attached hydrogens (tertiary/aromatic N) is 1. The summed E-state index contributed by atoms with van der Waals surface area (Å²) < 4.78 is 5.90. The number of carbonyl (C=O) groups is 1. The lowest BCUT2D eigenvalue weighted by atomic mass is 9.84. The number of benzene rings is 1. The molecule has 0 bridgehead atoms. The van der Waals surface area contributed by atoms with Gasteiger partial charge in [0, 0.05) is 41.8 Å². The van der Waals surface area contributed by atoms with Gasteiger partial charge in [-0.25, -0.2) is 0 Å². The normalized spacial score (nSPS) is 17.7. The summed E-state index contributed by atoms with van der Waals surface area (Å²) in [6, 6.07) is 7.47. The van der Waals surface area contributed by atoms with Gasteiger partial charge in [-0.15, -0.1) is 0 Å². The molecule has 0 radical (unpaired) electrons. The number of aromatic amines is 1. The number of amides is 1. The van der Waals surface area contributed by atoms with Crippen LogP contribution in [0.4, 0.5) is 0 Å². The molecule has 1 fully saturated rings. The van der Waals surface area contributed by atoms with E-state index in [4.69, 9.17) is 10.2 Å². The zero-order chi connectivity index (χ0) is 20.8. The summed E-state index contributed by atoms with van der Waals surface area (Å²) in [7, 11) is 0. The van der Waals surface area contributed by atoms with Gasteiger partial charge >= 0.3 is 0 Å². The Morgan fingerprint density at radius 1 is 1.31 bits per heavy atom. The lowest BCUT2D eigenvalue weighted by Crippen LogP contribution is -2.45. The predicted octanol–water partition coefficient (Wildman–Crippen LogP) is 3.65. The third-order valence-electron chi connectivity index (χ3n) is 5.59. The fourth-order valence-corrected chi connectivity index (χ4v) is 4.03. The molecule has 1 atom stereocenters. The second-order valence-corrected chi connectivity index (χ2v) is 8.87. The summed E-state index contributed by atoms with van der Waals surface area (Å²) in [6.07, 6.45) is 4.99. The fourth-order valence-electron chi connectivity index (χ4n) is 4.03. The molecule has 1 saturated heterocycles. The summed E-state index contributed by atoms with van der Waals surface area (Å²) in [6.45, 7) is 7.52. The zero-order valence-corrected chi connectivity index (χ0v) is 17.1. The van der Waals surface area contributed by atoms with Gasteiger partial charge in [0.15, 0.2) is 0 Å². The van der Waals surface area contributed by atoms with Gasteiger partial charge in [-0.2, -0.15) is 0 Å². The maximum absolute atomic E-state index is 13.2. The first kappa shape index (κ1) is 19.5. The molecule has 152 valence electrons. The summed E-state index contributed by atoms with van der Waals surface area (Å²) in [5.74, 6) is -0.0714. The largest absolute Gasteiger partial charge is 0.463 e. The van der Waals surface area contributed by atoms with E-state index in [-0.39, 0.29) is 22.9 Å². The fraction of sp³-hybridized carbons (Fsp3) is 0.391. The standard InChI is InChI=1S/C23H27N3O3/c1-23(2,3)19-11-14(16-7-4-8-25-21(16)27)10-17-18(13-29-20(17)19)22(28)26-9-5-6-15(24)12-26/h4,7-8,10-11,13,15H,5-6,9,12,24H2,1-3H3,(H,25,27)/t15-/m0/s1. The number of nitrogens with one attached hydrogen (secondary N) is 1. The van der Waals surface area contributed by atoms with E-state index in [1.165, 1.54) is 0 Å². The summed E-state index contributed by atoms with van der Waals surface area (Å²) in [5.41, 5.74) is 9.21. The van der Waals surface area contributed by atoms with Crippen LogP contribution in [-0.4, -0.2) is 34.9 Å². The van der Waals surface area contributed by atoms with E-state index >= 15 is 0 Å². The summed E-state index contributed by atoms with van der Waals surface area (Å²) in [5, 5.41) is 0.736. The van der Waals surface area contributed by atoms with Gasteiger partial charge in [-0.3, -0.25) is 9.59 Å². The number of hydrogen-bond acceptors (Lipinski definition) is 4. The van der Waals surface area contributed by atoms with Crippen molar-refractivity contribution in [2.75, 3.05) is 13.1 Å². The summed E-state index contributed by atoms with van der Waals surface area (Å²) in [4.78, 5) is 30.2. The first-order valence-electron chi connectivity index (χ1n) is 10.0. The molecule has 0 unspecified atom stereocenters. The molecule has 6 nitrogen and oxygen atoms in total. The van der Waals surface area contributed by atoms with Crippen LogP contribution in [0.5, 0.6) is 0 Å². The molecule has 6 heteroatoms.